The zero-order chi connectivity index (χ0) is 9.31. The van der Waals surface area contributed by atoms with Crippen LogP contribution in [0, 0.1) is 0 Å². The zero-order valence-corrected chi connectivity index (χ0v) is 8.25. The van der Waals surface area contributed by atoms with Gasteiger partial charge < -0.3 is 4.90 Å². The van der Waals surface area contributed by atoms with Gasteiger partial charge in [-0.1, -0.05) is 19.3 Å². The summed E-state index contributed by atoms with van der Waals surface area (Å²) in [5, 5.41) is 0. The van der Waals surface area contributed by atoms with E-state index in [4.69, 9.17) is 0 Å². The molecule has 0 amide bonds. The number of carbonyl (C=O) groups excluding carboxylic acids is 1. The Balaban J connectivity index is 2.19. The lowest BCUT2D eigenvalue weighted by molar-refractivity contribution is -0.118. The van der Waals surface area contributed by atoms with E-state index in [9.17, 15) is 4.79 Å². The molecule has 1 aliphatic heterocycles. The normalized spacial score (nSPS) is 26.8. The molecule has 0 aromatic rings. The first-order chi connectivity index (χ1) is 6.23. The van der Waals surface area contributed by atoms with E-state index < -0.39 is 0 Å². The molecule has 2 aliphatic rings. The van der Waals surface area contributed by atoms with Gasteiger partial charge in [0.2, 0.25) is 0 Å². The van der Waals surface area contributed by atoms with Crippen molar-refractivity contribution in [2.24, 2.45) is 0 Å². The van der Waals surface area contributed by atoms with Crippen LogP contribution < -0.4 is 0 Å². The fourth-order valence-electron chi connectivity index (χ4n) is 2.60. The van der Waals surface area contributed by atoms with Gasteiger partial charge in [0.05, 0.1) is 0 Å². The van der Waals surface area contributed by atoms with Crippen LogP contribution in [0.2, 0.25) is 0 Å². The highest BCUT2D eigenvalue weighted by Crippen LogP contribution is 2.37. The molecule has 0 bridgehead atoms. The molecule has 2 rings (SSSR count). The fourth-order valence-corrected chi connectivity index (χ4v) is 2.60. The van der Waals surface area contributed by atoms with Gasteiger partial charge in [-0.15, -0.1) is 0 Å². The molecule has 72 valence electrons. The Kier molecular flexibility index (Phi) is 2.14. The Morgan fingerprint density at radius 3 is 2.69 bits per heavy atom. The van der Waals surface area contributed by atoms with Crippen molar-refractivity contribution >= 4 is 5.78 Å². The first-order valence-electron chi connectivity index (χ1n) is 5.17. The molecule has 1 fully saturated rings. The monoisotopic (exact) mass is 179 g/mol. The number of allylic oxidation sites excluding steroid dienone is 1. The molecule has 0 aromatic heterocycles. The minimum absolute atomic E-state index is 0.185. The molecule has 1 spiro atoms. The SMILES string of the molecule is CN1C=CC(=O)CC12CCCCC2. The van der Waals surface area contributed by atoms with Crippen LogP contribution >= 0.6 is 0 Å². The maximum atomic E-state index is 11.4. The van der Waals surface area contributed by atoms with Crippen molar-refractivity contribution in [3.8, 4) is 0 Å². The number of ketones is 1. The van der Waals surface area contributed by atoms with Crippen LogP contribution in [0.25, 0.3) is 0 Å². The van der Waals surface area contributed by atoms with E-state index in [-0.39, 0.29) is 5.54 Å². The molecule has 0 aromatic carbocycles. The number of carbonyl (C=O) groups is 1. The maximum absolute atomic E-state index is 11.4. The van der Waals surface area contributed by atoms with E-state index in [0.717, 1.165) is 6.42 Å². The lowest BCUT2D eigenvalue weighted by atomic mass is 9.76. The maximum Gasteiger partial charge on any atom is 0.159 e. The summed E-state index contributed by atoms with van der Waals surface area (Å²) in [5.41, 5.74) is 0.185. The van der Waals surface area contributed by atoms with Crippen molar-refractivity contribution in [1.29, 1.82) is 0 Å². The van der Waals surface area contributed by atoms with Crippen LogP contribution in [0.3, 0.4) is 0 Å². The summed E-state index contributed by atoms with van der Waals surface area (Å²) in [4.78, 5) is 13.6. The van der Waals surface area contributed by atoms with Gasteiger partial charge in [-0.2, -0.15) is 0 Å². The Morgan fingerprint density at radius 2 is 2.00 bits per heavy atom. The Bertz CT molecular complexity index is 238. The third-order valence-corrected chi connectivity index (χ3v) is 3.52. The van der Waals surface area contributed by atoms with E-state index >= 15 is 0 Å². The van der Waals surface area contributed by atoms with Crippen LogP contribution in [-0.2, 0) is 4.79 Å². The van der Waals surface area contributed by atoms with E-state index in [1.54, 1.807) is 6.08 Å². The van der Waals surface area contributed by atoms with Crippen LogP contribution in [0.1, 0.15) is 38.5 Å². The summed E-state index contributed by atoms with van der Waals surface area (Å²) in [6.45, 7) is 0. The van der Waals surface area contributed by atoms with Crippen LogP contribution in [0.4, 0.5) is 0 Å². The molecule has 2 nitrogen and oxygen atoms in total. The predicted octanol–water partition coefficient (Wildman–Crippen LogP) is 2.11. The van der Waals surface area contributed by atoms with Crippen molar-refractivity contribution in [1.82, 2.24) is 4.90 Å². The molecule has 0 saturated heterocycles. The zero-order valence-electron chi connectivity index (χ0n) is 8.25. The molecule has 0 N–H and O–H groups in total. The lowest BCUT2D eigenvalue weighted by Gasteiger charge is -2.45. The van der Waals surface area contributed by atoms with Gasteiger partial charge in [0.25, 0.3) is 0 Å². The molecule has 13 heavy (non-hydrogen) atoms. The highest BCUT2D eigenvalue weighted by Gasteiger charge is 2.38. The van der Waals surface area contributed by atoms with Gasteiger partial charge in [-0.25, -0.2) is 0 Å². The molecule has 1 saturated carbocycles. The van der Waals surface area contributed by atoms with Crippen LogP contribution in [-0.4, -0.2) is 23.3 Å². The minimum Gasteiger partial charge on any atom is -0.374 e. The summed E-state index contributed by atoms with van der Waals surface area (Å²) in [5.74, 6) is 0.306. The van der Waals surface area contributed by atoms with E-state index in [1.165, 1.54) is 32.1 Å². The molecule has 0 unspecified atom stereocenters. The number of hydrogen-bond donors (Lipinski definition) is 0. The molecule has 2 heteroatoms. The Morgan fingerprint density at radius 1 is 1.31 bits per heavy atom. The van der Waals surface area contributed by atoms with Crippen molar-refractivity contribution < 1.29 is 4.79 Å². The van der Waals surface area contributed by atoms with Crippen molar-refractivity contribution in [2.45, 2.75) is 44.1 Å². The third-order valence-electron chi connectivity index (χ3n) is 3.52. The average Bonchev–Trinajstić information content (AvgIpc) is 2.14. The van der Waals surface area contributed by atoms with E-state index in [2.05, 4.69) is 11.9 Å². The predicted molar refractivity (Wildman–Crippen MR) is 52.3 cm³/mol. The third kappa shape index (κ3) is 1.50. The largest absolute Gasteiger partial charge is 0.374 e. The first kappa shape index (κ1) is 8.79. The van der Waals surface area contributed by atoms with Gasteiger partial charge in [0.15, 0.2) is 5.78 Å². The Labute approximate surface area is 79.6 Å². The molecule has 1 heterocycles. The molecule has 0 atom stereocenters. The number of hydrogen-bond acceptors (Lipinski definition) is 2. The topological polar surface area (TPSA) is 20.3 Å². The van der Waals surface area contributed by atoms with E-state index in [0.29, 0.717) is 5.78 Å². The molecule has 0 radical (unpaired) electrons. The van der Waals surface area contributed by atoms with Gasteiger partial charge in [-0.3, -0.25) is 4.79 Å². The standard InChI is InChI=1S/C11H17NO/c1-12-8-5-10(13)9-11(12)6-3-2-4-7-11/h5,8H,2-4,6-7,9H2,1H3. The van der Waals surface area contributed by atoms with Gasteiger partial charge >= 0.3 is 0 Å². The molecular formula is C11H17NO. The smallest absolute Gasteiger partial charge is 0.159 e. The van der Waals surface area contributed by atoms with Crippen LogP contribution in [0.5, 0.6) is 0 Å². The number of nitrogens with zero attached hydrogens (tertiary/aromatic N) is 1. The second-order valence-corrected chi connectivity index (χ2v) is 4.35. The molecular weight excluding hydrogens is 162 g/mol. The highest BCUT2D eigenvalue weighted by atomic mass is 16.1. The summed E-state index contributed by atoms with van der Waals surface area (Å²) in [7, 11) is 2.11. The summed E-state index contributed by atoms with van der Waals surface area (Å²) in [6, 6.07) is 0. The van der Waals surface area contributed by atoms with Crippen molar-refractivity contribution in [3.05, 3.63) is 12.3 Å². The second kappa shape index (κ2) is 3.17. The summed E-state index contributed by atoms with van der Waals surface area (Å²) in [6.07, 6.45) is 10.7. The van der Waals surface area contributed by atoms with E-state index in [1.807, 2.05) is 6.20 Å². The minimum atomic E-state index is 0.185. The second-order valence-electron chi connectivity index (χ2n) is 4.35. The lowest BCUT2D eigenvalue weighted by Crippen LogP contribution is -2.48. The number of rotatable bonds is 0. The highest BCUT2D eigenvalue weighted by molar-refractivity contribution is 5.91. The summed E-state index contributed by atoms with van der Waals surface area (Å²) >= 11 is 0. The van der Waals surface area contributed by atoms with Gasteiger partial charge in [0, 0.05) is 25.2 Å². The quantitative estimate of drug-likeness (QED) is 0.567. The Hall–Kier alpha value is -0.790. The van der Waals surface area contributed by atoms with Crippen molar-refractivity contribution in [2.75, 3.05) is 7.05 Å². The molecule has 1 aliphatic carbocycles. The average molecular weight is 179 g/mol. The first-order valence-corrected chi connectivity index (χ1v) is 5.17. The van der Waals surface area contributed by atoms with Gasteiger partial charge in [0.1, 0.15) is 0 Å². The van der Waals surface area contributed by atoms with Crippen molar-refractivity contribution in [3.63, 3.8) is 0 Å². The fraction of sp³-hybridized carbons (Fsp3) is 0.727. The van der Waals surface area contributed by atoms with Gasteiger partial charge in [-0.05, 0) is 18.9 Å². The van der Waals surface area contributed by atoms with Crippen LogP contribution in [0.15, 0.2) is 12.3 Å². The summed E-state index contributed by atoms with van der Waals surface area (Å²) < 4.78 is 0.